The van der Waals surface area contributed by atoms with E-state index >= 15 is 0 Å². The van der Waals surface area contributed by atoms with Gasteiger partial charge >= 0.3 is 5.12 Å². The normalized spacial score (nSPS) is 9.16. The molecule has 1 N–H and O–H groups in total. The van der Waals surface area contributed by atoms with E-state index in [0.717, 1.165) is 19.3 Å². The van der Waals surface area contributed by atoms with Gasteiger partial charge in [-0.05, 0) is 11.7 Å². The van der Waals surface area contributed by atoms with Crippen LogP contribution >= 0.6 is 11.8 Å². The van der Waals surface area contributed by atoms with Crippen LogP contribution in [0.4, 0.5) is 0 Å². The summed E-state index contributed by atoms with van der Waals surface area (Å²) in [5, 5.41) is 3.27. The third-order valence-electron chi connectivity index (χ3n) is 2.70. The van der Waals surface area contributed by atoms with E-state index in [2.05, 4.69) is 29.9 Å². The SMILES string of the molecule is CCCCCCCCC#CCCC#CSC(=[OH+])CC. The van der Waals surface area contributed by atoms with Crippen LogP contribution in [0, 0.1) is 23.0 Å². The summed E-state index contributed by atoms with van der Waals surface area (Å²) < 4.78 is 0. The molecule has 2 heteroatoms. The summed E-state index contributed by atoms with van der Waals surface area (Å²) in [6.07, 6.45) is 11.3. The van der Waals surface area contributed by atoms with Crippen LogP contribution in [0.2, 0.25) is 0 Å². The van der Waals surface area contributed by atoms with Gasteiger partial charge in [0.15, 0.2) is 0 Å². The quantitative estimate of drug-likeness (QED) is 0.343. The van der Waals surface area contributed by atoms with Crippen molar-refractivity contribution >= 4 is 16.9 Å². The minimum absolute atomic E-state index is 0.390. The summed E-state index contributed by atoms with van der Waals surface area (Å²) >= 11 is 1.22. The maximum atomic E-state index is 9.18. The molecule has 0 atom stereocenters. The summed E-state index contributed by atoms with van der Waals surface area (Å²) in [5.41, 5.74) is 0. The first-order valence-corrected chi connectivity index (χ1v) is 8.28. The first kappa shape index (κ1) is 18.1. The van der Waals surface area contributed by atoms with Crippen LogP contribution in [-0.2, 0) is 0 Å². The molecule has 0 unspecified atom stereocenters. The molecular formula is C17H27OS+. The summed E-state index contributed by atoms with van der Waals surface area (Å²) in [4.78, 5) is 9.18. The minimum atomic E-state index is 0.390. The predicted molar refractivity (Wildman–Crippen MR) is 87.6 cm³/mol. The molecule has 0 aromatic heterocycles. The Balaban J connectivity index is 3.33. The highest BCUT2D eigenvalue weighted by molar-refractivity contribution is 8.17. The van der Waals surface area contributed by atoms with Gasteiger partial charge in [-0.15, -0.1) is 11.8 Å². The molecule has 0 amide bonds. The van der Waals surface area contributed by atoms with Gasteiger partial charge in [-0.2, -0.15) is 0 Å². The van der Waals surface area contributed by atoms with Crippen molar-refractivity contribution in [3.8, 4) is 23.0 Å². The van der Waals surface area contributed by atoms with Crippen LogP contribution in [0.3, 0.4) is 0 Å². The van der Waals surface area contributed by atoms with Crippen LogP contribution in [0.15, 0.2) is 0 Å². The fourth-order valence-corrected chi connectivity index (χ4v) is 1.95. The van der Waals surface area contributed by atoms with Gasteiger partial charge in [0, 0.05) is 19.3 Å². The molecule has 0 rings (SSSR count). The van der Waals surface area contributed by atoms with Crippen LogP contribution in [0.25, 0.3) is 0 Å². The van der Waals surface area contributed by atoms with E-state index in [1.165, 1.54) is 50.3 Å². The number of thioether (sulfide) groups is 1. The Morgan fingerprint density at radius 1 is 0.842 bits per heavy atom. The zero-order chi connectivity index (χ0) is 14.2. The Labute approximate surface area is 123 Å². The molecular weight excluding hydrogens is 252 g/mol. The number of hydrogen-bond donors (Lipinski definition) is 0. The van der Waals surface area contributed by atoms with Crippen molar-refractivity contribution in [2.75, 3.05) is 0 Å². The lowest BCUT2D eigenvalue weighted by molar-refractivity contribution is 0.614. The number of carbonyl (C=O) groups excluding carboxylic acids is 1. The second kappa shape index (κ2) is 15.2. The fraction of sp³-hybridized carbons (Fsp3) is 0.706. The molecule has 0 aliphatic rings. The lowest BCUT2D eigenvalue weighted by Crippen LogP contribution is -1.83. The minimum Gasteiger partial charge on any atom is -0.271 e. The predicted octanol–water partition coefficient (Wildman–Crippen LogP) is 5.13. The van der Waals surface area contributed by atoms with Crippen LogP contribution < -0.4 is 0 Å². The van der Waals surface area contributed by atoms with E-state index in [-0.39, 0.29) is 0 Å². The monoisotopic (exact) mass is 279 g/mol. The fourth-order valence-electron chi connectivity index (χ4n) is 1.51. The average molecular weight is 279 g/mol. The second-order valence-corrected chi connectivity index (χ2v) is 5.38. The van der Waals surface area contributed by atoms with E-state index in [4.69, 9.17) is 0 Å². The molecule has 0 saturated heterocycles. The molecule has 0 aromatic carbocycles. The summed E-state index contributed by atoms with van der Waals surface area (Å²) in [5.74, 6) is 9.37. The Bertz CT molecular complexity index is 338. The highest BCUT2D eigenvalue weighted by atomic mass is 32.2. The van der Waals surface area contributed by atoms with Crippen LogP contribution in [-0.4, -0.2) is 9.91 Å². The second-order valence-electron chi connectivity index (χ2n) is 4.50. The summed E-state index contributed by atoms with van der Waals surface area (Å²) in [6.45, 7) is 4.16. The smallest absolute Gasteiger partial charge is 0.271 e. The molecule has 0 fully saturated rings. The Hall–Kier alpha value is -0.860. The van der Waals surface area contributed by atoms with Gasteiger partial charge in [0.1, 0.15) is 0 Å². The molecule has 0 spiro atoms. The van der Waals surface area contributed by atoms with Crippen LogP contribution in [0.5, 0.6) is 0 Å². The van der Waals surface area contributed by atoms with Gasteiger partial charge in [-0.25, -0.2) is 0 Å². The molecule has 0 saturated carbocycles. The highest BCUT2D eigenvalue weighted by Crippen LogP contribution is 2.06. The van der Waals surface area contributed by atoms with E-state index in [1.807, 2.05) is 6.92 Å². The van der Waals surface area contributed by atoms with Crippen LogP contribution in [0.1, 0.15) is 78.1 Å². The first-order chi connectivity index (χ1) is 9.31. The number of rotatable bonds is 8. The Kier molecular flexibility index (Phi) is 14.5. The summed E-state index contributed by atoms with van der Waals surface area (Å²) in [7, 11) is 0. The van der Waals surface area contributed by atoms with Gasteiger partial charge < -0.3 is 0 Å². The van der Waals surface area contributed by atoms with Crippen molar-refractivity contribution in [3.63, 3.8) is 0 Å². The molecule has 106 valence electrons. The number of hydrogen-bond acceptors (Lipinski definition) is 1. The maximum Gasteiger partial charge on any atom is 0.362 e. The van der Waals surface area contributed by atoms with E-state index in [9.17, 15) is 4.79 Å². The Morgan fingerprint density at radius 2 is 1.47 bits per heavy atom. The molecule has 0 aliphatic heterocycles. The molecule has 0 radical (unpaired) electrons. The highest BCUT2D eigenvalue weighted by Gasteiger charge is 2.01. The third-order valence-corrected chi connectivity index (χ3v) is 3.47. The topological polar surface area (TPSA) is 21.4 Å². The zero-order valence-electron chi connectivity index (χ0n) is 12.4. The number of unbranched alkanes of at least 4 members (excludes halogenated alkanes) is 7. The maximum absolute atomic E-state index is 9.18. The van der Waals surface area contributed by atoms with Gasteiger partial charge in [0.05, 0.1) is 18.2 Å². The van der Waals surface area contributed by atoms with Gasteiger partial charge in [-0.1, -0.05) is 51.9 Å². The summed E-state index contributed by atoms with van der Waals surface area (Å²) in [6, 6.07) is 0. The standard InChI is InChI=1S/C17H26OS/c1-3-5-6-7-8-9-10-11-12-13-14-15-16-19-17(18)4-2/h3-10,13-14H2,1-2H3/p+1. The van der Waals surface area contributed by atoms with Gasteiger partial charge in [-0.3, -0.25) is 4.79 Å². The molecule has 0 aliphatic carbocycles. The van der Waals surface area contributed by atoms with Gasteiger partial charge in [0.2, 0.25) is 0 Å². The van der Waals surface area contributed by atoms with E-state index < -0.39 is 0 Å². The largest absolute Gasteiger partial charge is 0.362 e. The molecule has 0 aromatic rings. The van der Waals surface area contributed by atoms with E-state index in [0.29, 0.717) is 11.5 Å². The molecule has 19 heavy (non-hydrogen) atoms. The van der Waals surface area contributed by atoms with Crippen molar-refractivity contribution < 1.29 is 4.79 Å². The van der Waals surface area contributed by atoms with Crippen molar-refractivity contribution in [1.82, 2.24) is 0 Å². The Morgan fingerprint density at radius 3 is 2.21 bits per heavy atom. The first-order valence-electron chi connectivity index (χ1n) is 7.46. The average Bonchev–Trinajstić information content (AvgIpc) is 2.43. The van der Waals surface area contributed by atoms with Crippen molar-refractivity contribution in [2.45, 2.75) is 78.1 Å². The lowest BCUT2D eigenvalue weighted by atomic mass is 10.1. The van der Waals surface area contributed by atoms with E-state index in [1.54, 1.807) is 0 Å². The third kappa shape index (κ3) is 15.1. The van der Waals surface area contributed by atoms with Crippen molar-refractivity contribution in [1.29, 1.82) is 0 Å². The lowest BCUT2D eigenvalue weighted by Gasteiger charge is -1.96. The molecule has 0 heterocycles. The zero-order valence-corrected chi connectivity index (χ0v) is 13.2. The van der Waals surface area contributed by atoms with Gasteiger partial charge in [0.25, 0.3) is 0 Å². The molecule has 1 nitrogen and oxygen atoms in total. The van der Waals surface area contributed by atoms with Crippen molar-refractivity contribution in [2.24, 2.45) is 0 Å². The van der Waals surface area contributed by atoms with Crippen molar-refractivity contribution in [3.05, 3.63) is 0 Å². The molecule has 0 bridgehead atoms.